The fraction of sp³-hybridized carbons (Fsp3) is 0.500. The molecule has 1 saturated heterocycles. The third-order valence-corrected chi connectivity index (χ3v) is 6.15. The van der Waals surface area contributed by atoms with Crippen molar-refractivity contribution in [1.82, 2.24) is 15.3 Å². The zero-order valence-electron chi connectivity index (χ0n) is 18.4. The van der Waals surface area contributed by atoms with Gasteiger partial charge in [-0.15, -0.1) is 0 Å². The molecule has 2 N–H and O–H groups in total. The molecule has 0 atom stereocenters. The van der Waals surface area contributed by atoms with Gasteiger partial charge in [0.05, 0.1) is 0 Å². The third-order valence-electron chi connectivity index (χ3n) is 6.15. The van der Waals surface area contributed by atoms with Crippen LogP contribution in [0.5, 0.6) is 0 Å². The van der Waals surface area contributed by atoms with Crippen molar-refractivity contribution in [1.29, 1.82) is 0 Å². The van der Waals surface area contributed by atoms with E-state index in [1.807, 2.05) is 30.3 Å². The molecule has 3 heterocycles. The van der Waals surface area contributed by atoms with E-state index in [4.69, 9.17) is 4.98 Å². The van der Waals surface area contributed by atoms with Crippen molar-refractivity contribution in [3.63, 3.8) is 0 Å². The van der Waals surface area contributed by atoms with Gasteiger partial charge >= 0.3 is 0 Å². The maximum Gasteiger partial charge on any atom is 0.270 e. The van der Waals surface area contributed by atoms with Crippen molar-refractivity contribution in [2.24, 2.45) is 5.92 Å². The monoisotopic (exact) mass is 421 g/mol. The fourth-order valence-corrected chi connectivity index (χ4v) is 4.33. The number of aromatic nitrogens is 2. The number of amides is 2. The Balaban J connectivity index is 1.36. The van der Waals surface area contributed by atoms with Gasteiger partial charge in [0.15, 0.2) is 0 Å². The summed E-state index contributed by atoms with van der Waals surface area (Å²) in [7, 11) is 0. The van der Waals surface area contributed by atoms with Gasteiger partial charge in [0.2, 0.25) is 5.91 Å². The fourth-order valence-electron chi connectivity index (χ4n) is 4.33. The van der Waals surface area contributed by atoms with Gasteiger partial charge < -0.3 is 15.5 Å². The summed E-state index contributed by atoms with van der Waals surface area (Å²) < 4.78 is 0. The summed E-state index contributed by atoms with van der Waals surface area (Å²) in [4.78, 5) is 36.4. The molecular formula is C24H31N5O2. The number of carbonyl (C=O) groups is 2. The van der Waals surface area contributed by atoms with Gasteiger partial charge in [-0.3, -0.25) is 9.59 Å². The molecule has 1 fully saturated rings. The second-order valence-corrected chi connectivity index (χ2v) is 8.78. The van der Waals surface area contributed by atoms with Crippen molar-refractivity contribution < 1.29 is 9.59 Å². The average Bonchev–Trinajstić information content (AvgIpc) is 2.78. The van der Waals surface area contributed by atoms with Gasteiger partial charge in [0.25, 0.3) is 5.91 Å². The molecule has 2 aromatic rings. The van der Waals surface area contributed by atoms with Crippen molar-refractivity contribution in [2.45, 2.75) is 51.9 Å². The lowest BCUT2D eigenvalue weighted by atomic mass is 9.91. The molecule has 4 rings (SSSR count). The first kappa shape index (κ1) is 21.3. The van der Waals surface area contributed by atoms with Crippen LogP contribution in [0.25, 0.3) is 0 Å². The zero-order chi connectivity index (χ0) is 21.8. The summed E-state index contributed by atoms with van der Waals surface area (Å²) in [5.74, 6) is 2.34. The SMILES string of the molecule is CC(C)c1nc2c(c(N3CCC(CCC(=O)Nc4ccccc4)CC3)n1)CCNC2=O. The molecule has 1 aromatic heterocycles. The van der Waals surface area contributed by atoms with Gasteiger partial charge in [-0.2, -0.15) is 0 Å². The number of nitrogens with zero attached hydrogens (tertiary/aromatic N) is 3. The van der Waals surface area contributed by atoms with Crippen LogP contribution >= 0.6 is 0 Å². The van der Waals surface area contributed by atoms with E-state index in [0.29, 0.717) is 24.6 Å². The Bertz CT molecular complexity index is 936. The number of hydrogen-bond donors (Lipinski definition) is 2. The lowest BCUT2D eigenvalue weighted by molar-refractivity contribution is -0.116. The van der Waals surface area contributed by atoms with Crippen molar-refractivity contribution in [2.75, 3.05) is 29.9 Å². The lowest BCUT2D eigenvalue weighted by Crippen LogP contribution is -2.39. The Labute approximate surface area is 183 Å². The topological polar surface area (TPSA) is 87.2 Å². The predicted octanol–water partition coefficient (Wildman–Crippen LogP) is 3.52. The highest BCUT2D eigenvalue weighted by molar-refractivity contribution is 5.96. The molecule has 164 valence electrons. The van der Waals surface area contributed by atoms with Gasteiger partial charge in [-0.05, 0) is 43.7 Å². The van der Waals surface area contributed by atoms with Gasteiger partial charge in [0.1, 0.15) is 17.3 Å². The van der Waals surface area contributed by atoms with Gasteiger partial charge in [0, 0.05) is 43.2 Å². The van der Waals surface area contributed by atoms with Crippen LogP contribution in [-0.2, 0) is 11.2 Å². The standard InChI is InChI=1S/C24H31N5O2/c1-16(2)22-27-21-19(10-13-25-24(21)31)23(28-22)29-14-11-17(12-15-29)8-9-20(30)26-18-6-4-3-5-7-18/h3-7,16-17H,8-15H2,1-2H3,(H,25,31)(H,26,30). The van der Waals surface area contributed by atoms with Gasteiger partial charge in [-0.25, -0.2) is 9.97 Å². The van der Waals surface area contributed by atoms with Crippen molar-refractivity contribution in [3.05, 3.63) is 47.4 Å². The number of anilines is 2. The molecule has 31 heavy (non-hydrogen) atoms. The molecular weight excluding hydrogens is 390 g/mol. The molecule has 7 nitrogen and oxygen atoms in total. The first-order chi connectivity index (χ1) is 15.0. The van der Waals surface area contributed by atoms with E-state index in [-0.39, 0.29) is 17.7 Å². The maximum absolute atomic E-state index is 12.4. The van der Waals surface area contributed by atoms with Crippen LogP contribution < -0.4 is 15.5 Å². The first-order valence-corrected chi connectivity index (χ1v) is 11.3. The van der Waals surface area contributed by atoms with Crippen LogP contribution in [0, 0.1) is 5.92 Å². The number of hydrogen-bond acceptors (Lipinski definition) is 5. The zero-order valence-corrected chi connectivity index (χ0v) is 18.4. The number of rotatable bonds is 6. The van der Waals surface area contributed by atoms with E-state index in [0.717, 1.165) is 61.7 Å². The number of benzene rings is 1. The summed E-state index contributed by atoms with van der Waals surface area (Å²) in [6.45, 7) is 6.54. The summed E-state index contributed by atoms with van der Waals surface area (Å²) in [5, 5.41) is 5.87. The highest BCUT2D eigenvalue weighted by Crippen LogP contribution is 2.30. The number of para-hydroxylation sites is 1. The molecule has 0 unspecified atom stereocenters. The van der Waals surface area contributed by atoms with Crippen LogP contribution in [0.1, 0.15) is 67.3 Å². The van der Waals surface area contributed by atoms with Crippen LogP contribution in [-0.4, -0.2) is 41.4 Å². The second-order valence-electron chi connectivity index (χ2n) is 8.78. The summed E-state index contributed by atoms with van der Waals surface area (Å²) in [5.41, 5.74) is 2.37. The van der Waals surface area contributed by atoms with E-state index in [1.165, 1.54) is 0 Å². The molecule has 0 bridgehead atoms. The number of piperidine rings is 1. The van der Waals surface area contributed by atoms with Crippen LogP contribution in [0.4, 0.5) is 11.5 Å². The maximum atomic E-state index is 12.4. The Morgan fingerprint density at radius 3 is 2.65 bits per heavy atom. The van der Waals surface area contributed by atoms with Crippen LogP contribution in [0.2, 0.25) is 0 Å². The molecule has 0 spiro atoms. The minimum absolute atomic E-state index is 0.0751. The lowest BCUT2D eigenvalue weighted by Gasteiger charge is -2.35. The summed E-state index contributed by atoms with van der Waals surface area (Å²) >= 11 is 0. The van der Waals surface area contributed by atoms with Crippen molar-refractivity contribution in [3.8, 4) is 0 Å². The van der Waals surface area contributed by atoms with E-state index in [9.17, 15) is 9.59 Å². The third kappa shape index (κ3) is 5.03. The molecule has 7 heteroatoms. The Kier molecular flexibility index (Phi) is 6.49. The minimum atomic E-state index is -0.0916. The normalized spacial score (nSPS) is 16.7. The smallest absolute Gasteiger partial charge is 0.270 e. The summed E-state index contributed by atoms with van der Waals surface area (Å²) in [6, 6.07) is 9.60. The van der Waals surface area contributed by atoms with E-state index in [2.05, 4.69) is 34.4 Å². The van der Waals surface area contributed by atoms with Gasteiger partial charge in [-0.1, -0.05) is 32.0 Å². The molecule has 2 amide bonds. The molecule has 1 aromatic carbocycles. The van der Waals surface area contributed by atoms with E-state index < -0.39 is 0 Å². The number of carbonyl (C=O) groups excluding carboxylic acids is 2. The highest BCUT2D eigenvalue weighted by Gasteiger charge is 2.29. The minimum Gasteiger partial charge on any atom is -0.356 e. The largest absolute Gasteiger partial charge is 0.356 e. The molecule has 0 saturated carbocycles. The van der Waals surface area contributed by atoms with E-state index >= 15 is 0 Å². The van der Waals surface area contributed by atoms with Crippen molar-refractivity contribution >= 4 is 23.3 Å². The Hall–Kier alpha value is -2.96. The summed E-state index contributed by atoms with van der Waals surface area (Å²) in [6.07, 6.45) is 4.27. The predicted molar refractivity (Wildman–Crippen MR) is 121 cm³/mol. The number of fused-ring (bicyclic) bond motifs is 1. The van der Waals surface area contributed by atoms with E-state index in [1.54, 1.807) is 0 Å². The average molecular weight is 422 g/mol. The Morgan fingerprint density at radius 1 is 1.19 bits per heavy atom. The number of nitrogens with one attached hydrogen (secondary N) is 2. The molecule has 0 radical (unpaired) electrons. The van der Waals surface area contributed by atoms with Crippen LogP contribution in [0.15, 0.2) is 30.3 Å². The molecule has 2 aliphatic rings. The molecule has 0 aliphatic carbocycles. The molecule has 2 aliphatic heterocycles. The quantitative estimate of drug-likeness (QED) is 0.745. The van der Waals surface area contributed by atoms with Crippen LogP contribution in [0.3, 0.4) is 0 Å². The highest BCUT2D eigenvalue weighted by atomic mass is 16.2. The first-order valence-electron chi connectivity index (χ1n) is 11.3. The Morgan fingerprint density at radius 2 is 1.94 bits per heavy atom. The second kappa shape index (κ2) is 9.45.